The number of halogens is 4. The molecule has 6 heteroatoms. The van der Waals surface area contributed by atoms with Crippen molar-refractivity contribution < 1.29 is 27.5 Å². The van der Waals surface area contributed by atoms with E-state index < -0.39 is 29.2 Å². The molecular formula is C9H8F4O2. The Morgan fingerprint density at radius 3 is 1.60 bits per heavy atom. The molecular weight excluding hydrogens is 216 g/mol. The van der Waals surface area contributed by atoms with Gasteiger partial charge in [0.1, 0.15) is 0 Å². The summed E-state index contributed by atoms with van der Waals surface area (Å²) in [5, 5.41) is 7.72. The van der Waals surface area contributed by atoms with Gasteiger partial charge >= 0.3 is 5.97 Å². The molecule has 0 atom stereocenters. The third-order valence-corrected chi connectivity index (χ3v) is 1.29. The van der Waals surface area contributed by atoms with Gasteiger partial charge < -0.3 is 5.11 Å². The quantitative estimate of drug-likeness (QED) is 0.452. The monoisotopic (exact) mass is 224 g/mol. The van der Waals surface area contributed by atoms with Crippen LogP contribution in [-0.4, -0.2) is 11.1 Å². The molecule has 0 radical (unpaired) electrons. The topological polar surface area (TPSA) is 37.3 Å². The van der Waals surface area contributed by atoms with Gasteiger partial charge in [0.15, 0.2) is 23.3 Å². The second-order valence-electron chi connectivity index (χ2n) is 2.40. The van der Waals surface area contributed by atoms with Crippen LogP contribution in [0.1, 0.15) is 13.3 Å². The van der Waals surface area contributed by atoms with Crippen molar-refractivity contribution >= 4 is 5.97 Å². The highest BCUT2D eigenvalue weighted by atomic mass is 19.2. The maximum Gasteiger partial charge on any atom is 0.303 e. The molecule has 0 saturated heterocycles. The number of carboxylic acids is 1. The van der Waals surface area contributed by atoms with Crippen LogP contribution in [0.3, 0.4) is 0 Å². The first kappa shape index (κ1) is 13.4. The summed E-state index contributed by atoms with van der Waals surface area (Å²) in [7, 11) is 0. The molecule has 0 bridgehead atoms. The molecule has 0 heterocycles. The molecule has 0 fully saturated rings. The molecule has 1 rings (SSSR count). The molecule has 1 N–H and O–H groups in total. The summed E-state index contributed by atoms with van der Waals surface area (Å²) < 4.78 is 48.0. The van der Waals surface area contributed by atoms with Gasteiger partial charge in [-0.05, 0) is 12.1 Å². The number of carbonyl (C=O) groups is 1. The van der Waals surface area contributed by atoms with E-state index in [1.807, 2.05) is 0 Å². The lowest BCUT2D eigenvalue weighted by atomic mass is 10.3. The Hall–Kier alpha value is -1.59. The Balaban J connectivity index is 0.000000336. The van der Waals surface area contributed by atoms with Gasteiger partial charge in [-0.15, -0.1) is 0 Å². The summed E-state index contributed by atoms with van der Waals surface area (Å²) in [5.41, 5.74) is 0. The van der Waals surface area contributed by atoms with E-state index >= 15 is 0 Å². The molecule has 0 aliphatic rings. The van der Waals surface area contributed by atoms with Crippen LogP contribution < -0.4 is 0 Å². The highest BCUT2D eigenvalue weighted by Gasteiger charge is 2.11. The minimum Gasteiger partial charge on any atom is -0.481 e. The first-order valence-corrected chi connectivity index (χ1v) is 3.91. The van der Waals surface area contributed by atoms with Crippen LogP contribution in [0.25, 0.3) is 0 Å². The third-order valence-electron chi connectivity index (χ3n) is 1.29. The molecule has 2 nitrogen and oxygen atoms in total. The van der Waals surface area contributed by atoms with E-state index in [9.17, 15) is 22.4 Å². The maximum atomic E-state index is 12.0. The van der Waals surface area contributed by atoms with Gasteiger partial charge in [0, 0.05) is 6.42 Å². The molecule has 0 aliphatic heterocycles. The summed E-state index contributed by atoms with van der Waals surface area (Å²) in [4.78, 5) is 9.37. The summed E-state index contributed by atoms with van der Waals surface area (Å²) in [6.07, 6.45) is 0.222. The maximum absolute atomic E-state index is 12.0. The molecule has 0 amide bonds. The zero-order valence-corrected chi connectivity index (χ0v) is 7.73. The molecule has 0 aliphatic carbocycles. The predicted molar refractivity (Wildman–Crippen MR) is 44.2 cm³/mol. The molecule has 15 heavy (non-hydrogen) atoms. The lowest BCUT2D eigenvalue weighted by molar-refractivity contribution is -0.136. The lowest BCUT2D eigenvalue weighted by Gasteiger charge is -1.93. The second-order valence-corrected chi connectivity index (χ2v) is 2.40. The molecule has 84 valence electrons. The van der Waals surface area contributed by atoms with Gasteiger partial charge in [-0.1, -0.05) is 6.92 Å². The normalized spacial score (nSPS) is 9.13. The highest BCUT2D eigenvalue weighted by Crippen LogP contribution is 2.12. The van der Waals surface area contributed by atoms with Gasteiger partial charge in [0.05, 0.1) is 0 Å². The van der Waals surface area contributed by atoms with Gasteiger partial charge in [0.25, 0.3) is 0 Å². The van der Waals surface area contributed by atoms with Crippen molar-refractivity contribution in [2.45, 2.75) is 13.3 Å². The smallest absolute Gasteiger partial charge is 0.303 e. The van der Waals surface area contributed by atoms with Crippen LogP contribution in [0.15, 0.2) is 12.1 Å². The summed E-state index contributed by atoms with van der Waals surface area (Å²) in [6.45, 7) is 1.60. The molecule has 0 spiro atoms. The van der Waals surface area contributed by atoms with Gasteiger partial charge in [-0.2, -0.15) is 0 Å². The average Bonchev–Trinajstić information content (AvgIpc) is 2.21. The van der Waals surface area contributed by atoms with E-state index in [0.717, 1.165) is 0 Å². The van der Waals surface area contributed by atoms with E-state index in [0.29, 0.717) is 12.1 Å². The fourth-order valence-electron chi connectivity index (χ4n) is 0.502. The second kappa shape index (κ2) is 6.00. The van der Waals surface area contributed by atoms with Crippen molar-refractivity contribution in [3.05, 3.63) is 35.4 Å². The number of carboxylic acid groups (broad SMARTS) is 1. The van der Waals surface area contributed by atoms with E-state index in [1.165, 1.54) is 0 Å². The van der Waals surface area contributed by atoms with Gasteiger partial charge in [-0.3, -0.25) is 4.79 Å². The number of hydrogen-bond donors (Lipinski definition) is 1. The number of benzene rings is 1. The first-order chi connectivity index (χ1) is 6.90. The molecule has 0 saturated carbocycles. The summed E-state index contributed by atoms with van der Waals surface area (Å²) in [6, 6.07) is 1.04. The largest absolute Gasteiger partial charge is 0.481 e. The molecule has 0 aromatic heterocycles. The van der Waals surface area contributed by atoms with Crippen LogP contribution in [0.2, 0.25) is 0 Å². The first-order valence-electron chi connectivity index (χ1n) is 3.91. The average molecular weight is 224 g/mol. The van der Waals surface area contributed by atoms with E-state index in [-0.39, 0.29) is 6.42 Å². The predicted octanol–water partition coefficient (Wildman–Crippen LogP) is 2.72. The summed E-state index contributed by atoms with van der Waals surface area (Å²) in [5.74, 6) is -7.08. The van der Waals surface area contributed by atoms with Crippen LogP contribution in [0.5, 0.6) is 0 Å². The molecule has 0 unspecified atom stereocenters. The highest BCUT2D eigenvalue weighted by molar-refractivity contribution is 5.66. The van der Waals surface area contributed by atoms with Crippen molar-refractivity contribution in [2.24, 2.45) is 0 Å². The van der Waals surface area contributed by atoms with Crippen molar-refractivity contribution in [3.8, 4) is 0 Å². The van der Waals surface area contributed by atoms with Crippen LogP contribution in [-0.2, 0) is 4.79 Å². The van der Waals surface area contributed by atoms with E-state index in [1.54, 1.807) is 6.92 Å². The van der Waals surface area contributed by atoms with Crippen molar-refractivity contribution in [2.75, 3.05) is 0 Å². The van der Waals surface area contributed by atoms with Crippen LogP contribution in [0.4, 0.5) is 17.6 Å². The van der Waals surface area contributed by atoms with Gasteiger partial charge in [0.2, 0.25) is 0 Å². The summed E-state index contributed by atoms with van der Waals surface area (Å²) >= 11 is 0. The Bertz CT molecular complexity index is 325. The van der Waals surface area contributed by atoms with Crippen molar-refractivity contribution in [1.82, 2.24) is 0 Å². The number of rotatable bonds is 1. The number of hydrogen-bond acceptors (Lipinski definition) is 1. The fourth-order valence-corrected chi connectivity index (χ4v) is 0.502. The Morgan fingerprint density at radius 1 is 1.13 bits per heavy atom. The molecule has 1 aromatic rings. The zero-order valence-electron chi connectivity index (χ0n) is 7.73. The van der Waals surface area contributed by atoms with Crippen molar-refractivity contribution in [3.63, 3.8) is 0 Å². The Morgan fingerprint density at radius 2 is 1.40 bits per heavy atom. The SMILES string of the molecule is CCC(=O)O.Fc1ccc(F)c(F)c1F. The Kier molecular flexibility index (Phi) is 5.36. The van der Waals surface area contributed by atoms with Crippen molar-refractivity contribution in [1.29, 1.82) is 0 Å². The van der Waals surface area contributed by atoms with Gasteiger partial charge in [-0.25, -0.2) is 17.6 Å². The van der Waals surface area contributed by atoms with E-state index in [2.05, 4.69) is 0 Å². The lowest BCUT2D eigenvalue weighted by Crippen LogP contribution is -1.93. The van der Waals surface area contributed by atoms with Crippen LogP contribution in [0, 0.1) is 23.3 Å². The van der Waals surface area contributed by atoms with Crippen LogP contribution >= 0.6 is 0 Å². The minimum absolute atomic E-state index is 0.222. The Labute approximate surface area is 83.1 Å². The number of aliphatic carboxylic acids is 1. The standard InChI is InChI=1S/C6H2F4.C3H6O2/c7-3-1-2-4(8)6(10)5(3)9;1-2-3(4)5/h1-2H;2H2,1H3,(H,4,5). The minimum atomic E-state index is -1.78. The third kappa shape index (κ3) is 4.44. The van der Waals surface area contributed by atoms with E-state index in [4.69, 9.17) is 5.11 Å². The zero-order chi connectivity index (χ0) is 12.0. The molecule has 1 aromatic carbocycles. The fraction of sp³-hybridized carbons (Fsp3) is 0.222.